The van der Waals surface area contributed by atoms with Gasteiger partial charge in [0.25, 0.3) is 5.91 Å². The van der Waals surface area contributed by atoms with E-state index >= 15 is 0 Å². The zero-order chi connectivity index (χ0) is 22.4. The number of hydrogen-bond acceptors (Lipinski definition) is 5. The molecule has 3 atom stereocenters. The molecule has 2 fully saturated rings. The summed E-state index contributed by atoms with van der Waals surface area (Å²) in [6.07, 6.45) is 7.02. The minimum Gasteiger partial charge on any atom is -0.452 e. The van der Waals surface area contributed by atoms with Crippen molar-refractivity contribution in [2.45, 2.75) is 69.7 Å². The summed E-state index contributed by atoms with van der Waals surface area (Å²) in [5, 5.41) is 2.98. The lowest BCUT2D eigenvalue weighted by molar-refractivity contribution is -0.125. The molecule has 1 aliphatic carbocycles. The lowest BCUT2D eigenvalue weighted by atomic mass is 9.78. The summed E-state index contributed by atoms with van der Waals surface area (Å²) in [7, 11) is -3.56. The maximum atomic E-state index is 12.8. The van der Waals surface area contributed by atoms with E-state index in [9.17, 15) is 18.0 Å². The van der Waals surface area contributed by atoms with Crippen LogP contribution in [0.3, 0.4) is 0 Å². The number of carbonyl (C=O) groups excluding carboxylic acids is 2. The van der Waals surface area contributed by atoms with Gasteiger partial charge in [0, 0.05) is 19.1 Å². The van der Waals surface area contributed by atoms with Crippen molar-refractivity contribution in [2.24, 2.45) is 11.8 Å². The van der Waals surface area contributed by atoms with Crippen LogP contribution in [-0.2, 0) is 19.6 Å². The summed E-state index contributed by atoms with van der Waals surface area (Å²) < 4.78 is 32.3. The zero-order valence-electron chi connectivity index (χ0n) is 18.5. The Labute approximate surface area is 185 Å². The molecule has 0 spiro atoms. The number of esters is 1. The number of benzene rings is 1. The van der Waals surface area contributed by atoms with Crippen molar-refractivity contribution in [2.75, 3.05) is 19.7 Å². The van der Waals surface area contributed by atoms with Crippen molar-refractivity contribution >= 4 is 21.9 Å². The van der Waals surface area contributed by atoms with Crippen LogP contribution >= 0.6 is 0 Å². The predicted molar refractivity (Wildman–Crippen MR) is 118 cm³/mol. The first-order chi connectivity index (χ1) is 14.8. The van der Waals surface area contributed by atoms with E-state index in [2.05, 4.69) is 19.2 Å². The fourth-order valence-electron chi connectivity index (χ4n) is 4.44. The molecule has 1 amide bonds. The Morgan fingerprint density at radius 3 is 2.29 bits per heavy atom. The van der Waals surface area contributed by atoms with Crippen LogP contribution < -0.4 is 5.32 Å². The van der Waals surface area contributed by atoms with Gasteiger partial charge >= 0.3 is 5.97 Å². The molecule has 1 aromatic carbocycles. The Hall–Kier alpha value is -1.93. The van der Waals surface area contributed by atoms with Gasteiger partial charge in [-0.3, -0.25) is 4.79 Å². The van der Waals surface area contributed by atoms with Gasteiger partial charge in [-0.25, -0.2) is 13.2 Å². The van der Waals surface area contributed by atoms with E-state index in [-0.39, 0.29) is 29.0 Å². The van der Waals surface area contributed by atoms with Gasteiger partial charge in [0.1, 0.15) is 0 Å². The Morgan fingerprint density at radius 2 is 1.65 bits per heavy atom. The maximum Gasteiger partial charge on any atom is 0.338 e. The maximum absolute atomic E-state index is 12.8. The van der Waals surface area contributed by atoms with Crippen LogP contribution in [0.15, 0.2) is 29.2 Å². The van der Waals surface area contributed by atoms with Gasteiger partial charge in [0.2, 0.25) is 10.0 Å². The molecule has 1 aromatic rings. The fraction of sp³-hybridized carbons (Fsp3) is 0.652. The molecule has 8 heteroatoms. The Kier molecular flexibility index (Phi) is 8.11. The van der Waals surface area contributed by atoms with Crippen LogP contribution in [0.25, 0.3) is 0 Å². The first-order valence-corrected chi connectivity index (χ1v) is 12.8. The van der Waals surface area contributed by atoms with E-state index in [0.717, 1.165) is 38.5 Å². The molecule has 0 aromatic heterocycles. The third-order valence-electron chi connectivity index (χ3n) is 6.68. The number of rotatable bonds is 6. The monoisotopic (exact) mass is 450 g/mol. The minimum atomic E-state index is -3.56. The van der Waals surface area contributed by atoms with E-state index < -0.39 is 16.0 Å². The van der Waals surface area contributed by atoms with Crippen molar-refractivity contribution in [3.05, 3.63) is 29.8 Å². The third-order valence-corrected chi connectivity index (χ3v) is 8.59. The smallest absolute Gasteiger partial charge is 0.338 e. The lowest BCUT2D eigenvalue weighted by Crippen LogP contribution is -2.45. The van der Waals surface area contributed by atoms with Crippen LogP contribution in [0.2, 0.25) is 0 Å². The van der Waals surface area contributed by atoms with Crippen molar-refractivity contribution in [3.63, 3.8) is 0 Å². The average Bonchev–Trinajstić information content (AvgIpc) is 3.05. The van der Waals surface area contributed by atoms with Gasteiger partial charge < -0.3 is 10.1 Å². The van der Waals surface area contributed by atoms with Gasteiger partial charge in [-0.15, -0.1) is 0 Å². The molecule has 1 N–H and O–H groups in total. The highest BCUT2D eigenvalue weighted by Crippen LogP contribution is 2.29. The SMILES string of the molecule is C[C@@H]1[C@H](C)CCC[C@@H]1NC(=O)COC(=O)c1ccc(S(=O)(=O)N2CCCCCC2)cc1. The molecule has 2 aliphatic rings. The summed E-state index contributed by atoms with van der Waals surface area (Å²) in [5.74, 6) is 0.0106. The van der Waals surface area contributed by atoms with Crippen molar-refractivity contribution in [1.82, 2.24) is 9.62 Å². The summed E-state index contributed by atoms with van der Waals surface area (Å²) in [6.45, 7) is 5.05. The first-order valence-electron chi connectivity index (χ1n) is 11.4. The van der Waals surface area contributed by atoms with Crippen LogP contribution in [0.5, 0.6) is 0 Å². The van der Waals surface area contributed by atoms with Crippen molar-refractivity contribution in [1.29, 1.82) is 0 Å². The average molecular weight is 451 g/mol. The minimum absolute atomic E-state index is 0.110. The number of hydrogen-bond donors (Lipinski definition) is 1. The quantitative estimate of drug-likeness (QED) is 0.671. The molecule has 1 saturated heterocycles. The molecular weight excluding hydrogens is 416 g/mol. The lowest BCUT2D eigenvalue weighted by Gasteiger charge is -2.34. The molecule has 0 bridgehead atoms. The van der Waals surface area contributed by atoms with E-state index in [1.54, 1.807) is 0 Å². The van der Waals surface area contributed by atoms with Gasteiger partial charge in [-0.05, 0) is 55.4 Å². The topological polar surface area (TPSA) is 92.8 Å². The summed E-state index contributed by atoms with van der Waals surface area (Å²) in [5.41, 5.74) is 0.224. The second-order valence-electron chi connectivity index (χ2n) is 8.86. The van der Waals surface area contributed by atoms with Crippen LogP contribution in [0.1, 0.15) is 69.2 Å². The van der Waals surface area contributed by atoms with Crippen molar-refractivity contribution < 1.29 is 22.7 Å². The Balaban J connectivity index is 1.53. The van der Waals surface area contributed by atoms with Crippen molar-refractivity contribution in [3.8, 4) is 0 Å². The van der Waals surface area contributed by atoms with Gasteiger partial charge in [0.05, 0.1) is 10.5 Å². The first kappa shape index (κ1) is 23.7. The van der Waals surface area contributed by atoms with E-state index in [1.807, 2.05) is 0 Å². The normalized spacial score (nSPS) is 25.4. The Bertz CT molecular complexity index is 860. The fourth-order valence-corrected chi connectivity index (χ4v) is 5.96. The second-order valence-corrected chi connectivity index (χ2v) is 10.8. The number of amides is 1. The van der Waals surface area contributed by atoms with Gasteiger partial charge in [-0.1, -0.05) is 39.5 Å². The van der Waals surface area contributed by atoms with Crippen LogP contribution in [0.4, 0.5) is 0 Å². The summed E-state index contributed by atoms with van der Waals surface area (Å²) >= 11 is 0. The third kappa shape index (κ3) is 6.07. The number of nitrogens with one attached hydrogen (secondary N) is 1. The molecule has 3 rings (SSSR count). The molecule has 7 nitrogen and oxygen atoms in total. The molecule has 0 unspecified atom stereocenters. The molecule has 172 valence electrons. The van der Waals surface area contributed by atoms with E-state index in [1.165, 1.54) is 35.0 Å². The summed E-state index contributed by atoms with van der Waals surface area (Å²) in [6, 6.07) is 5.86. The highest BCUT2D eigenvalue weighted by atomic mass is 32.2. The molecule has 1 aliphatic heterocycles. The molecule has 1 heterocycles. The second kappa shape index (κ2) is 10.6. The van der Waals surface area contributed by atoms with Gasteiger partial charge in [0.15, 0.2) is 6.61 Å². The number of nitrogens with zero attached hydrogens (tertiary/aromatic N) is 1. The number of sulfonamides is 1. The van der Waals surface area contributed by atoms with Gasteiger partial charge in [-0.2, -0.15) is 4.31 Å². The van der Waals surface area contributed by atoms with E-state index in [4.69, 9.17) is 4.74 Å². The zero-order valence-corrected chi connectivity index (χ0v) is 19.3. The van der Waals surface area contributed by atoms with E-state index in [0.29, 0.717) is 24.9 Å². The molecule has 1 saturated carbocycles. The highest BCUT2D eigenvalue weighted by molar-refractivity contribution is 7.89. The molecular formula is C23H34N2O5S. The highest BCUT2D eigenvalue weighted by Gasteiger charge is 2.28. The number of ether oxygens (including phenoxy) is 1. The standard InChI is InChI=1S/C23H34N2O5S/c1-17-8-7-9-21(18(17)2)24-22(26)16-30-23(27)19-10-12-20(13-11-19)31(28,29)25-14-5-3-4-6-15-25/h10-13,17-18,21H,3-9,14-16H2,1-2H3,(H,24,26)/t17-,18-,21+/m1/s1. The Morgan fingerprint density at radius 1 is 1.00 bits per heavy atom. The largest absolute Gasteiger partial charge is 0.452 e. The molecule has 0 radical (unpaired) electrons. The number of carbonyl (C=O) groups is 2. The molecule has 31 heavy (non-hydrogen) atoms. The van der Waals surface area contributed by atoms with Crippen LogP contribution in [0, 0.1) is 11.8 Å². The predicted octanol–water partition coefficient (Wildman–Crippen LogP) is 3.35. The van der Waals surface area contributed by atoms with Crippen LogP contribution in [-0.4, -0.2) is 50.3 Å². The summed E-state index contributed by atoms with van der Waals surface area (Å²) in [4.78, 5) is 24.7.